The highest BCUT2D eigenvalue weighted by Gasteiger charge is 1.89. The number of aliphatic hydroxyl groups excluding tert-OH is 1. The Labute approximate surface area is 55.2 Å². The zero-order chi connectivity index (χ0) is 7.11. The maximum absolute atomic E-state index is 9.94. The second-order valence-electron chi connectivity index (χ2n) is 1.96. The van der Waals surface area contributed by atoms with Gasteiger partial charge in [-0.05, 0) is 24.8 Å². The Bertz CT molecular complexity index is 97.1. The summed E-state index contributed by atoms with van der Waals surface area (Å²) < 4.78 is 0. The number of carbonyl (C=O) groups is 1. The van der Waals surface area contributed by atoms with Crippen LogP contribution in [0.5, 0.6) is 0 Å². The molecule has 0 aromatic carbocycles. The van der Waals surface area contributed by atoms with E-state index in [1.54, 1.807) is 0 Å². The smallest absolute Gasteiger partial charge is 0.145 e. The lowest BCUT2D eigenvalue weighted by Crippen LogP contribution is -1.86. The van der Waals surface area contributed by atoms with Crippen molar-refractivity contribution in [3.05, 3.63) is 12.2 Å². The SMILES string of the molecule is C=C(C=O)CCCCO. The van der Waals surface area contributed by atoms with Gasteiger partial charge in [0.15, 0.2) is 0 Å². The van der Waals surface area contributed by atoms with E-state index in [0.29, 0.717) is 12.0 Å². The van der Waals surface area contributed by atoms with E-state index >= 15 is 0 Å². The van der Waals surface area contributed by atoms with Crippen molar-refractivity contribution in [2.75, 3.05) is 6.61 Å². The van der Waals surface area contributed by atoms with Crippen molar-refractivity contribution in [2.45, 2.75) is 19.3 Å². The van der Waals surface area contributed by atoms with Crippen LogP contribution < -0.4 is 0 Å². The van der Waals surface area contributed by atoms with Gasteiger partial charge in [-0.2, -0.15) is 0 Å². The van der Waals surface area contributed by atoms with Crippen LogP contribution in [0.2, 0.25) is 0 Å². The van der Waals surface area contributed by atoms with Crippen LogP contribution in [0.1, 0.15) is 19.3 Å². The summed E-state index contributed by atoms with van der Waals surface area (Å²) in [5.41, 5.74) is 0.614. The number of aliphatic hydroxyl groups is 1. The molecular weight excluding hydrogens is 116 g/mol. The number of carbonyl (C=O) groups excluding carboxylic acids is 1. The predicted molar refractivity (Wildman–Crippen MR) is 36.1 cm³/mol. The lowest BCUT2D eigenvalue weighted by atomic mass is 10.1. The second-order valence-corrected chi connectivity index (χ2v) is 1.96. The fraction of sp³-hybridized carbons (Fsp3) is 0.571. The van der Waals surface area contributed by atoms with Crippen molar-refractivity contribution in [2.24, 2.45) is 0 Å². The highest BCUT2D eigenvalue weighted by molar-refractivity contribution is 5.71. The van der Waals surface area contributed by atoms with Crippen LogP contribution in [0.4, 0.5) is 0 Å². The number of aldehydes is 1. The summed E-state index contributed by atoms with van der Waals surface area (Å²) in [5.74, 6) is 0. The van der Waals surface area contributed by atoms with E-state index in [-0.39, 0.29) is 6.61 Å². The van der Waals surface area contributed by atoms with E-state index in [9.17, 15) is 4.79 Å². The Kier molecular flexibility index (Phi) is 5.12. The minimum Gasteiger partial charge on any atom is -0.396 e. The van der Waals surface area contributed by atoms with Crippen molar-refractivity contribution in [3.8, 4) is 0 Å². The van der Waals surface area contributed by atoms with Gasteiger partial charge in [0.05, 0.1) is 0 Å². The lowest BCUT2D eigenvalue weighted by molar-refractivity contribution is -0.105. The van der Waals surface area contributed by atoms with Gasteiger partial charge in [0, 0.05) is 6.61 Å². The highest BCUT2D eigenvalue weighted by Crippen LogP contribution is 2.00. The summed E-state index contributed by atoms with van der Waals surface area (Å²) in [6.45, 7) is 3.70. The van der Waals surface area contributed by atoms with E-state index in [0.717, 1.165) is 19.1 Å². The molecule has 0 saturated heterocycles. The van der Waals surface area contributed by atoms with Gasteiger partial charge in [-0.15, -0.1) is 0 Å². The molecule has 0 aliphatic carbocycles. The lowest BCUT2D eigenvalue weighted by Gasteiger charge is -1.93. The molecule has 0 amide bonds. The molecule has 0 atom stereocenters. The minimum absolute atomic E-state index is 0.201. The fourth-order valence-electron chi connectivity index (χ4n) is 0.523. The van der Waals surface area contributed by atoms with E-state index in [1.807, 2.05) is 0 Å². The monoisotopic (exact) mass is 128 g/mol. The molecule has 52 valence electrons. The number of hydrogen-bond acceptors (Lipinski definition) is 2. The molecule has 2 nitrogen and oxygen atoms in total. The molecule has 0 aromatic rings. The molecule has 0 aliphatic rings. The Morgan fingerprint density at radius 3 is 2.67 bits per heavy atom. The minimum atomic E-state index is 0.201. The first kappa shape index (κ1) is 8.37. The molecule has 0 rings (SSSR count). The third-order valence-corrected chi connectivity index (χ3v) is 1.07. The van der Waals surface area contributed by atoms with Crippen molar-refractivity contribution >= 4 is 6.29 Å². The Hall–Kier alpha value is -0.630. The first-order valence-corrected chi connectivity index (χ1v) is 3.05. The van der Waals surface area contributed by atoms with Crippen LogP contribution in [0.25, 0.3) is 0 Å². The first-order valence-electron chi connectivity index (χ1n) is 3.05. The first-order chi connectivity index (χ1) is 4.31. The van der Waals surface area contributed by atoms with Crippen LogP contribution in [-0.4, -0.2) is 18.0 Å². The maximum Gasteiger partial charge on any atom is 0.145 e. The molecule has 9 heavy (non-hydrogen) atoms. The predicted octanol–water partition coefficient (Wildman–Crippen LogP) is 0.904. The average molecular weight is 128 g/mol. The summed E-state index contributed by atoms with van der Waals surface area (Å²) >= 11 is 0. The van der Waals surface area contributed by atoms with Gasteiger partial charge in [-0.25, -0.2) is 0 Å². The summed E-state index contributed by atoms with van der Waals surface area (Å²) in [5, 5.41) is 8.33. The summed E-state index contributed by atoms with van der Waals surface area (Å²) in [7, 11) is 0. The van der Waals surface area contributed by atoms with Crippen molar-refractivity contribution in [1.82, 2.24) is 0 Å². The Morgan fingerprint density at radius 1 is 1.56 bits per heavy atom. The van der Waals surface area contributed by atoms with Crippen LogP contribution >= 0.6 is 0 Å². The molecule has 0 heterocycles. The van der Waals surface area contributed by atoms with E-state index in [1.165, 1.54) is 0 Å². The maximum atomic E-state index is 9.94. The molecule has 1 N–H and O–H groups in total. The number of unbranched alkanes of at least 4 members (excludes halogenated alkanes) is 1. The topological polar surface area (TPSA) is 37.3 Å². The van der Waals surface area contributed by atoms with E-state index in [2.05, 4.69) is 6.58 Å². The van der Waals surface area contributed by atoms with E-state index < -0.39 is 0 Å². The quantitative estimate of drug-likeness (QED) is 0.339. The Morgan fingerprint density at radius 2 is 2.22 bits per heavy atom. The Balaban J connectivity index is 3.07. The molecule has 0 fully saturated rings. The van der Waals surface area contributed by atoms with Gasteiger partial charge in [0.25, 0.3) is 0 Å². The third-order valence-electron chi connectivity index (χ3n) is 1.07. The summed E-state index contributed by atoms with van der Waals surface area (Å²) in [6, 6.07) is 0. The second kappa shape index (κ2) is 5.51. The largest absolute Gasteiger partial charge is 0.396 e. The number of hydrogen-bond donors (Lipinski definition) is 1. The molecule has 0 saturated carbocycles. The standard InChI is InChI=1S/C7H12O2/c1-7(6-9)4-2-3-5-8/h6,8H,1-5H2. The zero-order valence-electron chi connectivity index (χ0n) is 5.47. The summed E-state index contributed by atoms with van der Waals surface area (Å²) in [4.78, 5) is 9.94. The normalized spacial score (nSPS) is 9.00. The van der Waals surface area contributed by atoms with Gasteiger partial charge in [0.1, 0.15) is 6.29 Å². The van der Waals surface area contributed by atoms with Gasteiger partial charge < -0.3 is 5.11 Å². The zero-order valence-corrected chi connectivity index (χ0v) is 5.47. The average Bonchev–Trinajstić information content (AvgIpc) is 1.89. The molecule has 0 aliphatic heterocycles. The fourth-order valence-corrected chi connectivity index (χ4v) is 0.523. The molecule has 0 aromatic heterocycles. The van der Waals surface area contributed by atoms with Crippen molar-refractivity contribution < 1.29 is 9.90 Å². The molecule has 2 heteroatoms. The number of allylic oxidation sites excluding steroid dienone is 1. The summed E-state index contributed by atoms with van der Waals surface area (Å²) in [6.07, 6.45) is 3.09. The van der Waals surface area contributed by atoms with Gasteiger partial charge in [-0.1, -0.05) is 6.58 Å². The van der Waals surface area contributed by atoms with Crippen LogP contribution in [0.3, 0.4) is 0 Å². The van der Waals surface area contributed by atoms with Crippen molar-refractivity contribution in [1.29, 1.82) is 0 Å². The molecule has 0 unspecified atom stereocenters. The highest BCUT2D eigenvalue weighted by atomic mass is 16.2. The number of rotatable bonds is 5. The third kappa shape index (κ3) is 5.24. The molecule has 0 spiro atoms. The van der Waals surface area contributed by atoms with Crippen molar-refractivity contribution in [3.63, 3.8) is 0 Å². The molecule has 0 radical (unpaired) electrons. The molecular formula is C7H12O2. The molecule has 0 bridgehead atoms. The van der Waals surface area contributed by atoms with Gasteiger partial charge >= 0.3 is 0 Å². The van der Waals surface area contributed by atoms with Gasteiger partial charge in [-0.3, -0.25) is 4.79 Å². The van der Waals surface area contributed by atoms with Crippen LogP contribution in [0, 0.1) is 0 Å². The van der Waals surface area contributed by atoms with Crippen LogP contribution in [-0.2, 0) is 4.79 Å². The van der Waals surface area contributed by atoms with Crippen LogP contribution in [0.15, 0.2) is 12.2 Å². The van der Waals surface area contributed by atoms with Gasteiger partial charge in [0.2, 0.25) is 0 Å². The van der Waals surface area contributed by atoms with E-state index in [4.69, 9.17) is 5.11 Å².